The second-order valence-electron chi connectivity index (χ2n) is 6.33. The van der Waals surface area contributed by atoms with E-state index in [9.17, 15) is 4.79 Å². The minimum absolute atomic E-state index is 0.0375. The van der Waals surface area contributed by atoms with Crippen molar-refractivity contribution in [2.75, 3.05) is 32.8 Å². The van der Waals surface area contributed by atoms with Gasteiger partial charge < -0.3 is 10.1 Å². The molecule has 0 aliphatic carbocycles. The Morgan fingerprint density at radius 3 is 2.72 bits per heavy atom. The van der Waals surface area contributed by atoms with E-state index in [0.717, 1.165) is 38.4 Å². The van der Waals surface area contributed by atoms with Crippen molar-refractivity contribution in [2.45, 2.75) is 19.9 Å². The molecule has 0 spiro atoms. The molecule has 6 nitrogen and oxygen atoms in total. The van der Waals surface area contributed by atoms with Crippen LogP contribution in [0.15, 0.2) is 36.5 Å². The first-order chi connectivity index (χ1) is 12.1. The van der Waals surface area contributed by atoms with Gasteiger partial charge in [-0.2, -0.15) is 0 Å². The Hall–Kier alpha value is -2.31. The summed E-state index contributed by atoms with van der Waals surface area (Å²) in [5.74, 6) is 0.511. The maximum Gasteiger partial charge on any atom is 0.255 e. The van der Waals surface area contributed by atoms with E-state index >= 15 is 0 Å². The first kappa shape index (κ1) is 17.5. The average Bonchev–Trinajstić information content (AvgIpc) is 2.63. The van der Waals surface area contributed by atoms with E-state index in [4.69, 9.17) is 4.74 Å². The number of hydrogen-bond donors (Lipinski definition) is 1. The molecular weight excluding hydrogens is 316 g/mol. The number of amides is 1. The Morgan fingerprint density at radius 1 is 1.28 bits per heavy atom. The van der Waals surface area contributed by atoms with Crippen molar-refractivity contribution in [1.29, 1.82) is 0 Å². The van der Waals surface area contributed by atoms with Gasteiger partial charge in [-0.05, 0) is 13.8 Å². The number of nitrogens with zero attached hydrogens (tertiary/aromatic N) is 3. The topological polar surface area (TPSA) is 67.4 Å². The number of carbonyl (C=O) groups is 1. The number of ether oxygens (including phenoxy) is 1. The largest absolute Gasteiger partial charge is 0.379 e. The molecule has 0 unspecified atom stereocenters. The monoisotopic (exact) mass is 340 g/mol. The maximum absolute atomic E-state index is 12.8. The Morgan fingerprint density at radius 2 is 2.00 bits per heavy atom. The molecule has 1 fully saturated rings. The molecule has 1 aromatic carbocycles. The highest BCUT2D eigenvalue weighted by molar-refractivity contribution is 5.99. The summed E-state index contributed by atoms with van der Waals surface area (Å²) >= 11 is 0. The van der Waals surface area contributed by atoms with Gasteiger partial charge >= 0.3 is 0 Å². The van der Waals surface area contributed by atoms with Gasteiger partial charge in [0.15, 0.2) is 0 Å². The molecule has 6 heteroatoms. The zero-order valence-corrected chi connectivity index (χ0v) is 14.7. The molecule has 2 heterocycles. The van der Waals surface area contributed by atoms with Crippen LogP contribution < -0.4 is 5.32 Å². The fourth-order valence-corrected chi connectivity index (χ4v) is 2.97. The summed E-state index contributed by atoms with van der Waals surface area (Å²) in [4.78, 5) is 23.8. The Balaban J connectivity index is 1.73. The molecule has 132 valence electrons. The number of aromatic nitrogens is 2. The van der Waals surface area contributed by atoms with E-state index in [1.807, 2.05) is 44.2 Å². The number of aryl methyl sites for hydroxylation is 1. The van der Waals surface area contributed by atoms with Gasteiger partial charge in [-0.25, -0.2) is 9.97 Å². The van der Waals surface area contributed by atoms with Crippen molar-refractivity contribution in [3.05, 3.63) is 47.9 Å². The van der Waals surface area contributed by atoms with Crippen LogP contribution >= 0.6 is 0 Å². The smallest absolute Gasteiger partial charge is 0.255 e. The molecule has 1 saturated heterocycles. The average molecular weight is 340 g/mol. The summed E-state index contributed by atoms with van der Waals surface area (Å²) in [6, 6.07) is 9.77. The van der Waals surface area contributed by atoms with E-state index in [-0.39, 0.29) is 11.9 Å². The highest BCUT2D eigenvalue weighted by Gasteiger charge is 2.19. The van der Waals surface area contributed by atoms with Crippen LogP contribution in [0.4, 0.5) is 0 Å². The fraction of sp³-hybridized carbons (Fsp3) is 0.421. The van der Waals surface area contributed by atoms with Gasteiger partial charge in [-0.15, -0.1) is 0 Å². The van der Waals surface area contributed by atoms with Crippen LogP contribution in [0.5, 0.6) is 0 Å². The number of benzene rings is 1. The lowest BCUT2D eigenvalue weighted by Gasteiger charge is -2.29. The summed E-state index contributed by atoms with van der Waals surface area (Å²) in [6.07, 6.45) is 1.61. The quantitative estimate of drug-likeness (QED) is 0.900. The van der Waals surface area contributed by atoms with Crippen LogP contribution in [0.1, 0.15) is 23.1 Å². The van der Waals surface area contributed by atoms with Crippen LogP contribution in [0.3, 0.4) is 0 Å². The van der Waals surface area contributed by atoms with E-state index < -0.39 is 0 Å². The van der Waals surface area contributed by atoms with Crippen molar-refractivity contribution in [3.8, 4) is 11.3 Å². The van der Waals surface area contributed by atoms with Gasteiger partial charge in [-0.1, -0.05) is 30.3 Å². The summed E-state index contributed by atoms with van der Waals surface area (Å²) in [5.41, 5.74) is 2.09. The maximum atomic E-state index is 12.8. The predicted molar refractivity (Wildman–Crippen MR) is 96.4 cm³/mol. The number of carbonyl (C=O) groups excluding carboxylic acids is 1. The van der Waals surface area contributed by atoms with E-state index in [0.29, 0.717) is 17.1 Å². The number of morpholine rings is 1. The summed E-state index contributed by atoms with van der Waals surface area (Å²) < 4.78 is 5.36. The van der Waals surface area contributed by atoms with Crippen molar-refractivity contribution in [2.24, 2.45) is 0 Å². The van der Waals surface area contributed by atoms with Gasteiger partial charge in [0.2, 0.25) is 0 Å². The van der Waals surface area contributed by atoms with Gasteiger partial charge in [0, 0.05) is 37.4 Å². The molecule has 0 saturated carbocycles. The van der Waals surface area contributed by atoms with Crippen molar-refractivity contribution >= 4 is 5.91 Å². The van der Waals surface area contributed by atoms with Crippen LogP contribution in [0.2, 0.25) is 0 Å². The Kier molecular flexibility index (Phi) is 5.73. The second kappa shape index (κ2) is 8.18. The number of hydrogen-bond acceptors (Lipinski definition) is 5. The SMILES string of the molecule is Cc1ncc(C(=O)N[C@@H](C)CN2CCOCC2)c(-c2ccccc2)n1. The minimum Gasteiger partial charge on any atom is -0.379 e. The number of nitrogens with one attached hydrogen (secondary N) is 1. The van der Waals surface area contributed by atoms with Crippen LogP contribution in [-0.4, -0.2) is 59.7 Å². The highest BCUT2D eigenvalue weighted by Crippen LogP contribution is 2.21. The minimum atomic E-state index is -0.139. The van der Waals surface area contributed by atoms with Crippen molar-refractivity contribution in [3.63, 3.8) is 0 Å². The standard InChI is InChI=1S/C19H24N4O2/c1-14(13-23-8-10-25-11-9-23)21-19(24)17-12-20-15(2)22-18(17)16-6-4-3-5-7-16/h3-7,12,14H,8-11,13H2,1-2H3,(H,21,24)/t14-/m0/s1. The second-order valence-corrected chi connectivity index (χ2v) is 6.33. The normalized spacial score (nSPS) is 16.4. The van der Waals surface area contributed by atoms with Crippen LogP contribution in [0, 0.1) is 6.92 Å². The van der Waals surface area contributed by atoms with Gasteiger partial charge in [0.25, 0.3) is 5.91 Å². The molecule has 2 aromatic rings. The molecule has 1 aromatic heterocycles. The fourth-order valence-electron chi connectivity index (χ4n) is 2.97. The molecule has 1 aliphatic rings. The zero-order valence-electron chi connectivity index (χ0n) is 14.7. The van der Waals surface area contributed by atoms with Crippen molar-refractivity contribution in [1.82, 2.24) is 20.2 Å². The van der Waals surface area contributed by atoms with Crippen molar-refractivity contribution < 1.29 is 9.53 Å². The Bertz CT molecular complexity index is 715. The lowest BCUT2D eigenvalue weighted by Crippen LogP contribution is -2.46. The molecule has 0 radical (unpaired) electrons. The van der Waals surface area contributed by atoms with E-state index in [2.05, 4.69) is 20.2 Å². The zero-order chi connectivity index (χ0) is 17.6. The third-order valence-electron chi connectivity index (χ3n) is 4.21. The molecule has 25 heavy (non-hydrogen) atoms. The summed E-state index contributed by atoms with van der Waals surface area (Å²) in [7, 11) is 0. The lowest BCUT2D eigenvalue weighted by atomic mass is 10.1. The van der Waals surface area contributed by atoms with E-state index in [1.54, 1.807) is 6.20 Å². The molecule has 1 amide bonds. The van der Waals surface area contributed by atoms with E-state index in [1.165, 1.54) is 0 Å². The summed E-state index contributed by atoms with van der Waals surface area (Å²) in [6.45, 7) is 7.98. The van der Waals surface area contributed by atoms with Crippen LogP contribution in [0.25, 0.3) is 11.3 Å². The van der Waals surface area contributed by atoms with Gasteiger partial charge in [-0.3, -0.25) is 9.69 Å². The molecule has 1 atom stereocenters. The number of rotatable bonds is 5. The first-order valence-electron chi connectivity index (χ1n) is 8.63. The van der Waals surface area contributed by atoms with Crippen LogP contribution in [-0.2, 0) is 4.74 Å². The Labute approximate surface area is 148 Å². The molecule has 1 aliphatic heterocycles. The lowest BCUT2D eigenvalue weighted by molar-refractivity contribution is 0.0342. The molecular formula is C19H24N4O2. The third-order valence-corrected chi connectivity index (χ3v) is 4.21. The predicted octanol–water partition coefficient (Wildman–Crippen LogP) is 1.90. The first-order valence-corrected chi connectivity index (χ1v) is 8.63. The molecule has 3 rings (SSSR count). The van der Waals surface area contributed by atoms with Gasteiger partial charge in [0.1, 0.15) is 5.82 Å². The van der Waals surface area contributed by atoms with Gasteiger partial charge in [0.05, 0.1) is 24.5 Å². The highest BCUT2D eigenvalue weighted by atomic mass is 16.5. The third kappa shape index (κ3) is 4.61. The summed E-state index contributed by atoms with van der Waals surface area (Å²) in [5, 5.41) is 3.07. The molecule has 0 bridgehead atoms. The molecule has 1 N–H and O–H groups in total.